The Morgan fingerprint density at radius 3 is 2.23 bits per heavy atom. The SMILES string of the molecule is N#C/C(=C/N(Cc1ccccc1)c1ccccc1)C(=O)N1CCCCC1. The van der Waals surface area contributed by atoms with Gasteiger partial charge in [-0.25, -0.2) is 0 Å². The zero-order valence-electron chi connectivity index (χ0n) is 14.8. The number of para-hydroxylation sites is 1. The third-order valence-electron chi connectivity index (χ3n) is 4.56. The summed E-state index contributed by atoms with van der Waals surface area (Å²) in [7, 11) is 0. The Bertz CT molecular complexity index is 787. The van der Waals surface area contributed by atoms with Crippen molar-refractivity contribution in [3.05, 3.63) is 78.0 Å². The molecule has 0 radical (unpaired) electrons. The standard InChI is InChI=1S/C22H23N3O/c23-16-20(22(26)24-14-8-3-9-15-24)18-25(21-12-6-2-7-13-21)17-19-10-4-1-5-11-19/h1-2,4-7,10-13,18H,3,8-9,14-15,17H2/b20-18-. The molecule has 0 N–H and O–H groups in total. The van der Waals surface area contributed by atoms with Crippen LogP contribution in [0.1, 0.15) is 24.8 Å². The molecule has 1 saturated heterocycles. The van der Waals surface area contributed by atoms with Gasteiger partial charge in [0.05, 0.1) is 0 Å². The Kier molecular flexibility index (Phi) is 6.05. The second kappa shape index (κ2) is 8.87. The number of hydrogen-bond donors (Lipinski definition) is 0. The smallest absolute Gasteiger partial charge is 0.266 e. The van der Waals surface area contributed by atoms with Gasteiger partial charge in [-0.2, -0.15) is 5.26 Å². The molecule has 0 bridgehead atoms. The fraction of sp³-hybridized carbons (Fsp3) is 0.273. The summed E-state index contributed by atoms with van der Waals surface area (Å²) in [6.45, 7) is 2.08. The fourth-order valence-corrected chi connectivity index (χ4v) is 3.17. The van der Waals surface area contributed by atoms with Crippen LogP contribution in [-0.2, 0) is 11.3 Å². The molecule has 0 saturated carbocycles. The monoisotopic (exact) mass is 345 g/mol. The lowest BCUT2D eigenvalue weighted by atomic mass is 10.1. The van der Waals surface area contributed by atoms with E-state index >= 15 is 0 Å². The van der Waals surface area contributed by atoms with Gasteiger partial charge in [0.2, 0.25) is 0 Å². The number of carbonyl (C=O) groups excluding carboxylic acids is 1. The van der Waals surface area contributed by atoms with Crippen molar-refractivity contribution in [3.8, 4) is 6.07 Å². The third kappa shape index (κ3) is 4.52. The van der Waals surface area contributed by atoms with Crippen LogP contribution >= 0.6 is 0 Å². The van der Waals surface area contributed by atoms with Gasteiger partial charge in [0.25, 0.3) is 5.91 Å². The second-order valence-corrected chi connectivity index (χ2v) is 6.46. The summed E-state index contributed by atoms with van der Waals surface area (Å²) >= 11 is 0. The van der Waals surface area contributed by atoms with Gasteiger partial charge in [-0.15, -0.1) is 0 Å². The number of benzene rings is 2. The summed E-state index contributed by atoms with van der Waals surface area (Å²) in [5.74, 6) is -0.166. The van der Waals surface area contributed by atoms with Gasteiger partial charge in [-0.05, 0) is 37.0 Å². The number of hydrogen-bond acceptors (Lipinski definition) is 3. The van der Waals surface area contributed by atoms with Crippen molar-refractivity contribution in [1.29, 1.82) is 5.26 Å². The Morgan fingerprint density at radius 2 is 1.62 bits per heavy atom. The van der Waals surface area contributed by atoms with Crippen LogP contribution in [0.3, 0.4) is 0 Å². The van der Waals surface area contributed by atoms with E-state index in [1.807, 2.05) is 65.6 Å². The largest absolute Gasteiger partial charge is 0.342 e. The number of anilines is 1. The summed E-state index contributed by atoms with van der Waals surface area (Å²) in [6, 6.07) is 22.0. The molecule has 26 heavy (non-hydrogen) atoms. The van der Waals surface area contributed by atoms with Crippen LogP contribution in [0.15, 0.2) is 72.4 Å². The summed E-state index contributed by atoms with van der Waals surface area (Å²) in [5, 5.41) is 9.60. The molecule has 0 spiro atoms. The maximum atomic E-state index is 12.8. The van der Waals surface area contributed by atoms with E-state index in [-0.39, 0.29) is 11.5 Å². The van der Waals surface area contributed by atoms with Crippen molar-refractivity contribution in [3.63, 3.8) is 0 Å². The van der Waals surface area contributed by atoms with Crippen LogP contribution in [-0.4, -0.2) is 23.9 Å². The molecular weight excluding hydrogens is 322 g/mol. The molecule has 0 aliphatic carbocycles. The molecule has 1 heterocycles. The van der Waals surface area contributed by atoms with Gasteiger partial charge in [0.1, 0.15) is 11.6 Å². The molecule has 0 atom stereocenters. The summed E-state index contributed by atoms with van der Waals surface area (Å²) in [6.07, 6.45) is 4.87. The summed E-state index contributed by atoms with van der Waals surface area (Å²) in [5.41, 5.74) is 2.26. The lowest BCUT2D eigenvalue weighted by molar-refractivity contribution is -0.127. The molecule has 4 nitrogen and oxygen atoms in total. The first kappa shape index (κ1) is 17.8. The Morgan fingerprint density at radius 1 is 1.00 bits per heavy atom. The molecule has 1 aliphatic heterocycles. The summed E-state index contributed by atoms with van der Waals surface area (Å²) in [4.78, 5) is 16.5. The number of carbonyl (C=O) groups is 1. The molecule has 0 unspecified atom stereocenters. The van der Waals surface area contributed by atoms with E-state index in [0.717, 1.165) is 43.6 Å². The molecule has 2 aromatic carbocycles. The molecule has 2 aromatic rings. The maximum Gasteiger partial charge on any atom is 0.266 e. The second-order valence-electron chi connectivity index (χ2n) is 6.46. The lowest BCUT2D eigenvalue weighted by Gasteiger charge is -2.27. The average molecular weight is 345 g/mol. The predicted molar refractivity (Wildman–Crippen MR) is 103 cm³/mol. The molecule has 0 aromatic heterocycles. The highest BCUT2D eigenvalue weighted by Gasteiger charge is 2.21. The Labute approximate surface area is 155 Å². The zero-order chi connectivity index (χ0) is 18.2. The highest BCUT2D eigenvalue weighted by atomic mass is 16.2. The van der Waals surface area contributed by atoms with Gasteiger partial charge >= 0.3 is 0 Å². The van der Waals surface area contributed by atoms with E-state index in [1.165, 1.54) is 0 Å². The van der Waals surface area contributed by atoms with Crippen LogP contribution in [0.5, 0.6) is 0 Å². The highest BCUT2D eigenvalue weighted by molar-refractivity contribution is 5.97. The number of rotatable bonds is 5. The number of likely N-dealkylation sites (tertiary alicyclic amines) is 1. The molecule has 4 heteroatoms. The van der Waals surface area contributed by atoms with Crippen molar-refractivity contribution in [1.82, 2.24) is 4.90 Å². The van der Waals surface area contributed by atoms with Crippen molar-refractivity contribution in [2.24, 2.45) is 0 Å². The number of piperidine rings is 1. The van der Waals surface area contributed by atoms with Gasteiger partial charge in [0, 0.05) is 31.5 Å². The van der Waals surface area contributed by atoms with E-state index in [2.05, 4.69) is 6.07 Å². The quantitative estimate of drug-likeness (QED) is 0.605. The molecule has 1 aliphatic rings. The van der Waals surface area contributed by atoms with Crippen LogP contribution in [0.4, 0.5) is 5.69 Å². The van der Waals surface area contributed by atoms with Gasteiger partial charge < -0.3 is 9.80 Å². The van der Waals surface area contributed by atoms with Crippen molar-refractivity contribution >= 4 is 11.6 Å². The first-order valence-electron chi connectivity index (χ1n) is 9.05. The molecule has 1 amide bonds. The number of nitrogens with zero attached hydrogens (tertiary/aromatic N) is 3. The van der Waals surface area contributed by atoms with Crippen molar-refractivity contribution in [2.45, 2.75) is 25.8 Å². The maximum absolute atomic E-state index is 12.8. The number of nitriles is 1. The first-order valence-corrected chi connectivity index (χ1v) is 9.05. The van der Waals surface area contributed by atoms with Gasteiger partial charge in [0.15, 0.2) is 0 Å². The lowest BCUT2D eigenvalue weighted by Crippen LogP contribution is -2.36. The van der Waals surface area contributed by atoms with E-state index in [1.54, 1.807) is 11.1 Å². The van der Waals surface area contributed by atoms with E-state index < -0.39 is 0 Å². The first-order chi connectivity index (χ1) is 12.8. The summed E-state index contributed by atoms with van der Waals surface area (Å²) < 4.78 is 0. The topological polar surface area (TPSA) is 47.3 Å². The minimum absolute atomic E-state index is 0.166. The zero-order valence-corrected chi connectivity index (χ0v) is 14.8. The van der Waals surface area contributed by atoms with Gasteiger partial charge in [-0.1, -0.05) is 48.5 Å². The van der Waals surface area contributed by atoms with Crippen LogP contribution in [0.2, 0.25) is 0 Å². The molecule has 132 valence electrons. The van der Waals surface area contributed by atoms with Crippen molar-refractivity contribution in [2.75, 3.05) is 18.0 Å². The van der Waals surface area contributed by atoms with Crippen molar-refractivity contribution < 1.29 is 4.79 Å². The Balaban J connectivity index is 1.88. The molecule has 3 rings (SSSR count). The normalized spacial score (nSPS) is 14.6. The number of amides is 1. The van der Waals surface area contributed by atoms with Crippen LogP contribution < -0.4 is 4.90 Å². The fourth-order valence-electron chi connectivity index (χ4n) is 3.17. The van der Waals surface area contributed by atoms with E-state index in [0.29, 0.717) is 6.54 Å². The van der Waals surface area contributed by atoms with E-state index in [9.17, 15) is 10.1 Å². The van der Waals surface area contributed by atoms with E-state index in [4.69, 9.17) is 0 Å². The third-order valence-corrected chi connectivity index (χ3v) is 4.56. The van der Waals surface area contributed by atoms with Crippen LogP contribution in [0.25, 0.3) is 0 Å². The average Bonchev–Trinajstić information content (AvgIpc) is 2.72. The minimum Gasteiger partial charge on any atom is -0.342 e. The minimum atomic E-state index is -0.166. The highest BCUT2D eigenvalue weighted by Crippen LogP contribution is 2.20. The predicted octanol–water partition coefficient (Wildman–Crippen LogP) is 4.11. The molecule has 1 fully saturated rings. The van der Waals surface area contributed by atoms with Crippen LogP contribution in [0, 0.1) is 11.3 Å². The molecular formula is C22H23N3O. The Hall–Kier alpha value is -3.06. The van der Waals surface area contributed by atoms with Gasteiger partial charge in [-0.3, -0.25) is 4.79 Å².